The molecule has 0 saturated carbocycles. The maximum atomic E-state index is 5.86. The van der Waals surface area contributed by atoms with Gasteiger partial charge in [0.05, 0.1) is 0 Å². The summed E-state index contributed by atoms with van der Waals surface area (Å²) in [6, 6.07) is 12.6. The van der Waals surface area contributed by atoms with Crippen LogP contribution in [0.15, 0.2) is 36.4 Å². The first-order valence-electron chi connectivity index (χ1n) is 7.08. The van der Waals surface area contributed by atoms with Gasteiger partial charge >= 0.3 is 0 Å². The second-order valence-corrected chi connectivity index (χ2v) is 5.31. The number of ether oxygens (including phenoxy) is 1. The number of hydrogen-bond acceptors (Lipinski definition) is 2. The monoisotopic (exact) mass is 269 g/mol. The number of rotatable bonds is 5. The topological polar surface area (TPSA) is 21.3 Å². The van der Waals surface area contributed by atoms with Crippen molar-refractivity contribution in [3.63, 3.8) is 0 Å². The van der Waals surface area contributed by atoms with Gasteiger partial charge in [-0.1, -0.05) is 30.3 Å². The lowest BCUT2D eigenvalue weighted by atomic mass is 10.1. The second-order valence-electron chi connectivity index (χ2n) is 5.31. The number of nitrogens with one attached hydrogen (secondary N) is 1. The summed E-state index contributed by atoms with van der Waals surface area (Å²) in [4.78, 5) is 0. The molecule has 0 aliphatic carbocycles. The van der Waals surface area contributed by atoms with Gasteiger partial charge in [-0.3, -0.25) is 0 Å². The molecule has 2 aromatic carbocycles. The van der Waals surface area contributed by atoms with Crippen molar-refractivity contribution in [3.8, 4) is 5.75 Å². The SMILES string of the molecule is Cc1ccc(C)c(OCCNc2c(C)cccc2C)c1. The Morgan fingerprint density at radius 1 is 0.900 bits per heavy atom. The maximum absolute atomic E-state index is 5.86. The normalized spacial score (nSPS) is 10.4. The predicted octanol–water partition coefficient (Wildman–Crippen LogP) is 4.41. The van der Waals surface area contributed by atoms with Crippen molar-refractivity contribution < 1.29 is 4.74 Å². The van der Waals surface area contributed by atoms with Crippen LogP contribution < -0.4 is 10.1 Å². The van der Waals surface area contributed by atoms with Gasteiger partial charge in [-0.05, 0) is 56.0 Å². The molecule has 0 spiro atoms. The van der Waals surface area contributed by atoms with E-state index < -0.39 is 0 Å². The zero-order valence-corrected chi connectivity index (χ0v) is 12.8. The number of benzene rings is 2. The maximum Gasteiger partial charge on any atom is 0.122 e. The lowest BCUT2D eigenvalue weighted by Gasteiger charge is -2.14. The van der Waals surface area contributed by atoms with E-state index in [0.717, 1.165) is 12.3 Å². The number of aryl methyl sites for hydroxylation is 4. The average molecular weight is 269 g/mol. The Labute approximate surface area is 121 Å². The molecular formula is C18H23NO. The molecule has 0 aliphatic heterocycles. The summed E-state index contributed by atoms with van der Waals surface area (Å²) in [6.07, 6.45) is 0. The summed E-state index contributed by atoms with van der Waals surface area (Å²) in [7, 11) is 0. The van der Waals surface area contributed by atoms with E-state index in [0.29, 0.717) is 6.61 Å². The summed E-state index contributed by atoms with van der Waals surface area (Å²) in [6.45, 7) is 9.88. The third kappa shape index (κ3) is 3.53. The van der Waals surface area contributed by atoms with E-state index in [4.69, 9.17) is 4.74 Å². The fraction of sp³-hybridized carbons (Fsp3) is 0.333. The highest BCUT2D eigenvalue weighted by molar-refractivity contribution is 5.56. The Bertz CT molecular complexity index is 570. The van der Waals surface area contributed by atoms with Crippen LogP contribution in [0, 0.1) is 27.7 Å². The van der Waals surface area contributed by atoms with Crippen molar-refractivity contribution in [2.24, 2.45) is 0 Å². The van der Waals surface area contributed by atoms with E-state index >= 15 is 0 Å². The Balaban J connectivity index is 1.89. The molecule has 2 aromatic rings. The Kier molecular flexibility index (Phi) is 4.67. The smallest absolute Gasteiger partial charge is 0.122 e. The van der Waals surface area contributed by atoms with Gasteiger partial charge in [0.2, 0.25) is 0 Å². The average Bonchev–Trinajstić information content (AvgIpc) is 2.41. The van der Waals surface area contributed by atoms with Gasteiger partial charge in [0.1, 0.15) is 12.4 Å². The van der Waals surface area contributed by atoms with Gasteiger partial charge < -0.3 is 10.1 Å². The van der Waals surface area contributed by atoms with Gasteiger partial charge in [-0.15, -0.1) is 0 Å². The van der Waals surface area contributed by atoms with Crippen molar-refractivity contribution in [1.82, 2.24) is 0 Å². The van der Waals surface area contributed by atoms with E-state index in [1.165, 1.54) is 27.9 Å². The predicted molar refractivity (Wildman–Crippen MR) is 85.8 cm³/mol. The van der Waals surface area contributed by atoms with Crippen LogP contribution in [-0.2, 0) is 0 Å². The molecule has 0 aromatic heterocycles. The van der Waals surface area contributed by atoms with Crippen molar-refractivity contribution in [1.29, 1.82) is 0 Å². The largest absolute Gasteiger partial charge is 0.491 e. The molecule has 0 amide bonds. The summed E-state index contributed by atoms with van der Waals surface area (Å²) in [5.74, 6) is 0.980. The fourth-order valence-electron chi connectivity index (χ4n) is 2.29. The standard InChI is InChI=1S/C18H23NO/c1-13-8-9-14(2)17(12-13)20-11-10-19-18-15(3)6-5-7-16(18)4/h5-9,12,19H,10-11H2,1-4H3. The van der Waals surface area contributed by atoms with Crippen LogP contribution in [0.4, 0.5) is 5.69 Å². The molecule has 0 bridgehead atoms. The van der Waals surface area contributed by atoms with Crippen molar-refractivity contribution >= 4 is 5.69 Å². The highest BCUT2D eigenvalue weighted by atomic mass is 16.5. The highest BCUT2D eigenvalue weighted by Gasteiger charge is 2.02. The summed E-state index contributed by atoms with van der Waals surface area (Å²) in [5.41, 5.74) is 6.18. The van der Waals surface area contributed by atoms with Crippen LogP contribution >= 0.6 is 0 Å². The minimum absolute atomic E-state index is 0.665. The zero-order chi connectivity index (χ0) is 14.5. The number of anilines is 1. The molecule has 2 nitrogen and oxygen atoms in total. The Morgan fingerprint density at radius 2 is 1.60 bits per heavy atom. The minimum Gasteiger partial charge on any atom is -0.491 e. The van der Waals surface area contributed by atoms with E-state index in [1.54, 1.807) is 0 Å². The molecular weight excluding hydrogens is 246 g/mol. The van der Waals surface area contributed by atoms with Gasteiger partial charge in [-0.25, -0.2) is 0 Å². The minimum atomic E-state index is 0.665. The molecule has 0 aliphatic rings. The number of para-hydroxylation sites is 1. The third-order valence-electron chi connectivity index (χ3n) is 3.49. The van der Waals surface area contributed by atoms with Crippen LogP contribution in [0.3, 0.4) is 0 Å². The van der Waals surface area contributed by atoms with E-state index in [1.807, 2.05) is 0 Å². The molecule has 0 atom stereocenters. The summed E-state index contributed by atoms with van der Waals surface area (Å²) >= 11 is 0. The molecule has 106 valence electrons. The third-order valence-corrected chi connectivity index (χ3v) is 3.49. The molecule has 0 saturated heterocycles. The molecule has 0 heterocycles. The van der Waals surface area contributed by atoms with Crippen molar-refractivity contribution in [3.05, 3.63) is 58.7 Å². The van der Waals surface area contributed by atoms with Crippen molar-refractivity contribution in [2.75, 3.05) is 18.5 Å². The molecule has 20 heavy (non-hydrogen) atoms. The highest BCUT2D eigenvalue weighted by Crippen LogP contribution is 2.20. The molecule has 0 radical (unpaired) electrons. The zero-order valence-electron chi connectivity index (χ0n) is 12.8. The second kappa shape index (κ2) is 6.47. The quantitative estimate of drug-likeness (QED) is 0.812. The summed E-state index contributed by atoms with van der Waals surface area (Å²) in [5, 5.41) is 3.46. The first-order valence-corrected chi connectivity index (χ1v) is 7.08. The van der Waals surface area contributed by atoms with Gasteiger partial charge in [0.15, 0.2) is 0 Å². The van der Waals surface area contributed by atoms with Crippen LogP contribution in [-0.4, -0.2) is 13.2 Å². The lowest BCUT2D eigenvalue weighted by molar-refractivity contribution is 0.330. The molecule has 2 heteroatoms. The van der Waals surface area contributed by atoms with Gasteiger partial charge in [-0.2, -0.15) is 0 Å². The Hall–Kier alpha value is -1.96. The molecule has 0 fully saturated rings. The van der Waals surface area contributed by atoms with E-state index in [-0.39, 0.29) is 0 Å². The molecule has 0 unspecified atom stereocenters. The van der Waals surface area contributed by atoms with Crippen LogP contribution in [0.2, 0.25) is 0 Å². The lowest BCUT2D eigenvalue weighted by Crippen LogP contribution is -2.13. The Morgan fingerprint density at radius 3 is 2.30 bits per heavy atom. The molecule has 1 N–H and O–H groups in total. The van der Waals surface area contributed by atoms with Gasteiger partial charge in [0.25, 0.3) is 0 Å². The van der Waals surface area contributed by atoms with Gasteiger partial charge in [0, 0.05) is 12.2 Å². The van der Waals surface area contributed by atoms with Crippen LogP contribution in [0.25, 0.3) is 0 Å². The fourth-order valence-corrected chi connectivity index (χ4v) is 2.29. The number of hydrogen-bond donors (Lipinski definition) is 1. The van der Waals surface area contributed by atoms with E-state index in [9.17, 15) is 0 Å². The van der Waals surface area contributed by atoms with Crippen LogP contribution in [0.5, 0.6) is 5.75 Å². The first-order chi connectivity index (χ1) is 9.58. The van der Waals surface area contributed by atoms with E-state index in [2.05, 4.69) is 69.4 Å². The van der Waals surface area contributed by atoms with Crippen molar-refractivity contribution in [2.45, 2.75) is 27.7 Å². The molecule has 2 rings (SSSR count). The first kappa shape index (κ1) is 14.4. The van der Waals surface area contributed by atoms with Crippen LogP contribution in [0.1, 0.15) is 22.3 Å². The summed E-state index contributed by atoms with van der Waals surface area (Å²) < 4.78 is 5.86.